The number of hydrogen-bond acceptors (Lipinski definition) is 3. The van der Waals surface area contributed by atoms with Crippen molar-refractivity contribution < 1.29 is 9.18 Å². The maximum Gasteiger partial charge on any atom is 0.243 e. The van der Waals surface area contributed by atoms with Gasteiger partial charge in [0.15, 0.2) is 0 Å². The first kappa shape index (κ1) is 19.4. The fourth-order valence-electron chi connectivity index (χ4n) is 3.68. The van der Waals surface area contributed by atoms with E-state index in [4.69, 9.17) is 0 Å². The molecule has 2 aromatic rings. The molecule has 0 aliphatic heterocycles. The number of anilines is 2. The van der Waals surface area contributed by atoms with Crippen molar-refractivity contribution in [3.8, 4) is 0 Å². The smallest absolute Gasteiger partial charge is 0.243 e. The van der Waals surface area contributed by atoms with Crippen molar-refractivity contribution in [3.05, 3.63) is 59.9 Å². The Morgan fingerprint density at radius 2 is 1.70 bits per heavy atom. The summed E-state index contributed by atoms with van der Waals surface area (Å²) in [5.74, 6) is -0.698. The summed E-state index contributed by atoms with van der Waals surface area (Å²) in [7, 11) is 2.18. The van der Waals surface area contributed by atoms with Crippen molar-refractivity contribution in [2.75, 3.05) is 24.2 Å². The highest BCUT2D eigenvalue weighted by Crippen LogP contribution is 2.24. The van der Waals surface area contributed by atoms with Crippen LogP contribution in [0, 0.1) is 5.82 Å². The minimum atomic E-state index is -0.430. The molecule has 5 heteroatoms. The lowest BCUT2D eigenvalue weighted by molar-refractivity contribution is -0.114. The van der Waals surface area contributed by atoms with E-state index >= 15 is 0 Å². The molecule has 0 unspecified atom stereocenters. The molecule has 0 bridgehead atoms. The molecule has 1 amide bonds. The summed E-state index contributed by atoms with van der Waals surface area (Å²) in [6.45, 7) is 0.946. The highest BCUT2D eigenvalue weighted by atomic mass is 19.1. The third kappa shape index (κ3) is 5.54. The fraction of sp³-hybridized carbons (Fsp3) is 0.409. The van der Waals surface area contributed by atoms with Gasteiger partial charge in [-0.2, -0.15) is 0 Å². The van der Waals surface area contributed by atoms with E-state index in [0.717, 1.165) is 12.2 Å². The molecule has 2 aromatic carbocycles. The van der Waals surface area contributed by atoms with E-state index in [-0.39, 0.29) is 18.1 Å². The number of para-hydroxylation sites is 2. The Labute approximate surface area is 160 Å². The van der Waals surface area contributed by atoms with E-state index in [2.05, 4.69) is 28.6 Å². The van der Waals surface area contributed by atoms with Crippen molar-refractivity contribution in [1.29, 1.82) is 0 Å². The first-order valence-corrected chi connectivity index (χ1v) is 9.70. The van der Waals surface area contributed by atoms with E-state index in [1.807, 2.05) is 18.2 Å². The van der Waals surface area contributed by atoms with Crippen LogP contribution in [0.5, 0.6) is 0 Å². The summed E-state index contributed by atoms with van der Waals surface area (Å²) < 4.78 is 13.7. The molecule has 1 fully saturated rings. The number of amides is 1. The molecule has 1 aliphatic carbocycles. The maximum atomic E-state index is 13.7. The molecule has 0 radical (unpaired) electrons. The molecule has 27 heavy (non-hydrogen) atoms. The molecular formula is C22H28FN3O. The second-order valence-electron chi connectivity index (χ2n) is 7.25. The summed E-state index contributed by atoms with van der Waals surface area (Å²) in [4.78, 5) is 14.6. The SMILES string of the molecule is CN(Cc1ccccc1NCC(=O)Nc1ccccc1F)C1CCCCC1. The maximum absolute atomic E-state index is 13.7. The number of nitrogens with one attached hydrogen (secondary N) is 2. The normalized spacial score (nSPS) is 14.9. The quantitative estimate of drug-likeness (QED) is 0.747. The van der Waals surface area contributed by atoms with Gasteiger partial charge < -0.3 is 10.6 Å². The number of carbonyl (C=O) groups excluding carboxylic acids is 1. The van der Waals surface area contributed by atoms with Gasteiger partial charge in [-0.25, -0.2) is 4.39 Å². The number of nitrogens with zero attached hydrogens (tertiary/aromatic N) is 1. The molecule has 2 N–H and O–H groups in total. The van der Waals surface area contributed by atoms with E-state index in [0.29, 0.717) is 6.04 Å². The minimum Gasteiger partial charge on any atom is -0.376 e. The summed E-state index contributed by atoms with van der Waals surface area (Å²) in [5, 5.41) is 5.81. The number of carbonyl (C=O) groups is 1. The van der Waals surface area contributed by atoms with Gasteiger partial charge in [0.2, 0.25) is 5.91 Å². The van der Waals surface area contributed by atoms with Crippen molar-refractivity contribution in [3.63, 3.8) is 0 Å². The lowest BCUT2D eigenvalue weighted by Crippen LogP contribution is -2.33. The van der Waals surface area contributed by atoms with Crippen LogP contribution in [-0.2, 0) is 11.3 Å². The van der Waals surface area contributed by atoms with Gasteiger partial charge in [-0.05, 0) is 43.7 Å². The lowest BCUT2D eigenvalue weighted by Gasteiger charge is -2.31. The average Bonchev–Trinajstić information content (AvgIpc) is 2.70. The van der Waals surface area contributed by atoms with Gasteiger partial charge in [0, 0.05) is 18.3 Å². The van der Waals surface area contributed by atoms with Gasteiger partial charge in [0.1, 0.15) is 5.82 Å². The zero-order valence-corrected chi connectivity index (χ0v) is 15.9. The standard InChI is InChI=1S/C22H28FN3O/c1-26(18-10-3-2-4-11-18)16-17-9-5-7-13-20(17)24-15-22(27)25-21-14-8-6-12-19(21)23/h5-9,12-14,18,24H,2-4,10-11,15-16H2,1H3,(H,25,27). The van der Waals surface area contributed by atoms with Gasteiger partial charge in [0.25, 0.3) is 0 Å². The Morgan fingerprint density at radius 1 is 1.04 bits per heavy atom. The molecule has 0 spiro atoms. The monoisotopic (exact) mass is 369 g/mol. The molecule has 4 nitrogen and oxygen atoms in total. The Morgan fingerprint density at radius 3 is 2.44 bits per heavy atom. The highest BCUT2D eigenvalue weighted by molar-refractivity contribution is 5.93. The predicted octanol–water partition coefficient (Wildman–Crippen LogP) is 4.64. The first-order chi connectivity index (χ1) is 13.1. The minimum absolute atomic E-state index is 0.0957. The summed E-state index contributed by atoms with van der Waals surface area (Å²) in [5.41, 5.74) is 2.32. The van der Waals surface area contributed by atoms with Gasteiger partial charge in [0.05, 0.1) is 12.2 Å². The highest BCUT2D eigenvalue weighted by Gasteiger charge is 2.18. The van der Waals surface area contributed by atoms with Crippen LogP contribution >= 0.6 is 0 Å². The number of benzene rings is 2. The third-order valence-corrected chi connectivity index (χ3v) is 5.22. The van der Waals surface area contributed by atoms with Crippen LogP contribution < -0.4 is 10.6 Å². The molecule has 1 saturated carbocycles. The second-order valence-corrected chi connectivity index (χ2v) is 7.25. The summed E-state index contributed by atoms with van der Waals surface area (Å²) in [6.07, 6.45) is 6.49. The lowest BCUT2D eigenvalue weighted by atomic mass is 9.94. The van der Waals surface area contributed by atoms with E-state index in [1.54, 1.807) is 18.2 Å². The van der Waals surface area contributed by atoms with Crippen molar-refractivity contribution in [1.82, 2.24) is 4.90 Å². The Kier molecular flexibility index (Phi) is 6.82. The molecule has 0 atom stereocenters. The second kappa shape index (κ2) is 9.51. The topological polar surface area (TPSA) is 44.4 Å². The molecule has 144 valence electrons. The Hall–Kier alpha value is -2.40. The fourth-order valence-corrected chi connectivity index (χ4v) is 3.68. The molecule has 3 rings (SSSR count). The third-order valence-electron chi connectivity index (χ3n) is 5.22. The van der Waals surface area contributed by atoms with Crippen LogP contribution in [0.1, 0.15) is 37.7 Å². The van der Waals surface area contributed by atoms with Crippen molar-refractivity contribution in [2.24, 2.45) is 0 Å². The zero-order valence-electron chi connectivity index (χ0n) is 15.9. The summed E-state index contributed by atoms with van der Waals surface area (Å²) in [6, 6.07) is 14.9. The van der Waals surface area contributed by atoms with Gasteiger partial charge in [-0.3, -0.25) is 9.69 Å². The number of hydrogen-bond donors (Lipinski definition) is 2. The van der Waals surface area contributed by atoms with Crippen LogP contribution in [0.15, 0.2) is 48.5 Å². The molecular weight excluding hydrogens is 341 g/mol. The van der Waals surface area contributed by atoms with Gasteiger partial charge in [-0.15, -0.1) is 0 Å². The zero-order chi connectivity index (χ0) is 19.1. The molecule has 1 aliphatic rings. The van der Waals surface area contributed by atoms with Crippen LogP contribution in [0.4, 0.5) is 15.8 Å². The van der Waals surface area contributed by atoms with Gasteiger partial charge >= 0.3 is 0 Å². The first-order valence-electron chi connectivity index (χ1n) is 9.70. The Bertz CT molecular complexity index is 759. The Balaban J connectivity index is 1.57. The van der Waals surface area contributed by atoms with Gasteiger partial charge in [-0.1, -0.05) is 49.6 Å². The molecule has 0 saturated heterocycles. The van der Waals surface area contributed by atoms with E-state index < -0.39 is 5.82 Å². The average molecular weight is 369 g/mol. The van der Waals surface area contributed by atoms with Crippen LogP contribution in [0.2, 0.25) is 0 Å². The largest absolute Gasteiger partial charge is 0.376 e. The van der Waals surface area contributed by atoms with Crippen LogP contribution in [0.25, 0.3) is 0 Å². The van der Waals surface area contributed by atoms with Crippen LogP contribution in [0.3, 0.4) is 0 Å². The molecule has 0 aromatic heterocycles. The van der Waals surface area contributed by atoms with E-state index in [9.17, 15) is 9.18 Å². The molecule has 0 heterocycles. The van der Waals surface area contributed by atoms with Crippen LogP contribution in [-0.4, -0.2) is 30.4 Å². The van der Waals surface area contributed by atoms with E-state index in [1.165, 1.54) is 43.7 Å². The summed E-state index contributed by atoms with van der Waals surface area (Å²) >= 11 is 0. The predicted molar refractivity (Wildman–Crippen MR) is 108 cm³/mol. The number of rotatable bonds is 7. The number of halogens is 1. The van der Waals surface area contributed by atoms with Crippen molar-refractivity contribution >= 4 is 17.3 Å². The van der Waals surface area contributed by atoms with Crippen molar-refractivity contribution in [2.45, 2.75) is 44.7 Å².